The molecule has 4 nitrogen and oxygen atoms in total. The minimum absolute atomic E-state index is 0.864. The highest BCUT2D eigenvalue weighted by atomic mass is 19.4. The molecular weight excluding hydrogens is 217 g/mol. The summed E-state index contributed by atoms with van der Waals surface area (Å²) in [6.07, 6.45) is -6.48. The van der Waals surface area contributed by atoms with Crippen molar-refractivity contribution in [2.45, 2.75) is 19.4 Å². The molecule has 7 heteroatoms. The zero-order chi connectivity index (χ0) is 12.2. The first kappa shape index (κ1) is 14.1. The van der Waals surface area contributed by atoms with Crippen LogP contribution >= 0.6 is 0 Å². The van der Waals surface area contributed by atoms with E-state index in [2.05, 4.69) is 9.47 Å². The summed E-state index contributed by atoms with van der Waals surface area (Å²) in [7, 11) is 2.19. The van der Waals surface area contributed by atoms with E-state index in [9.17, 15) is 22.8 Å². The molecule has 0 aliphatic heterocycles. The number of halogens is 3. The van der Waals surface area contributed by atoms with Gasteiger partial charge in [0.25, 0.3) is 0 Å². The summed E-state index contributed by atoms with van der Waals surface area (Å²) in [5, 5.41) is 0. The van der Waals surface area contributed by atoms with Crippen molar-refractivity contribution in [1.82, 2.24) is 0 Å². The van der Waals surface area contributed by atoms with Gasteiger partial charge in [0.05, 0.1) is 5.92 Å². The van der Waals surface area contributed by atoms with Crippen LogP contribution in [0.4, 0.5) is 13.2 Å². The molecule has 0 aromatic heterocycles. The number of methoxy groups -OCH3 is 2. The molecule has 0 rings (SSSR count). The molecule has 0 aliphatic rings. The van der Waals surface area contributed by atoms with Gasteiger partial charge < -0.3 is 9.47 Å². The van der Waals surface area contributed by atoms with Gasteiger partial charge in [-0.25, -0.2) is 0 Å². The lowest BCUT2D eigenvalue weighted by Crippen LogP contribution is -2.39. The lowest BCUT2D eigenvalue weighted by Gasteiger charge is -2.17. The first-order chi connectivity index (χ1) is 6.75. The van der Waals surface area contributed by atoms with E-state index in [0.717, 1.165) is 21.1 Å². The SMILES string of the molecule is COC(OC)C(=O)C(C)C(=O)C(F)(F)F. The van der Waals surface area contributed by atoms with Gasteiger partial charge in [0.2, 0.25) is 12.1 Å². The Morgan fingerprint density at radius 2 is 1.53 bits per heavy atom. The predicted molar refractivity (Wildman–Crippen MR) is 43.0 cm³/mol. The Morgan fingerprint density at radius 3 is 1.80 bits per heavy atom. The Bertz CT molecular complexity index is 245. The fraction of sp³-hybridized carbons (Fsp3) is 0.750. The van der Waals surface area contributed by atoms with Gasteiger partial charge in [-0.3, -0.25) is 9.59 Å². The molecule has 0 bridgehead atoms. The third-order valence-corrected chi connectivity index (χ3v) is 1.76. The number of carbonyl (C=O) groups excluding carboxylic acids is 2. The maximum absolute atomic E-state index is 11.9. The number of hydrogen-bond acceptors (Lipinski definition) is 4. The molecule has 0 aromatic rings. The maximum Gasteiger partial charge on any atom is 0.450 e. The van der Waals surface area contributed by atoms with Crippen molar-refractivity contribution in [2.75, 3.05) is 14.2 Å². The minimum atomic E-state index is -5.03. The number of hydrogen-bond donors (Lipinski definition) is 0. The molecular formula is C8H11F3O4. The number of ether oxygens (including phenoxy) is 2. The van der Waals surface area contributed by atoms with Crippen molar-refractivity contribution >= 4 is 11.6 Å². The van der Waals surface area contributed by atoms with Gasteiger partial charge in [0.1, 0.15) is 0 Å². The van der Waals surface area contributed by atoms with E-state index < -0.39 is 30.0 Å². The normalized spacial score (nSPS) is 14.1. The third kappa shape index (κ3) is 3.60. The van der Waals surface area contributed by atoms with Crippen LogP contribution < -0.4 is 0 Å². The summed E-state index contributed by atoms with van der Waals surface area (Å²) < 4.78 is 44.8. The number of carbonyl (C=O) groups is 2. The molecule has 15 heavy (non-hydrogen) atoms. The van der Waals surface area contributed by atoms with Crippen LogP contribution in [0.3, 0.4) is 0 Å². The second kappa shape index (κ2) is 5.22. The summed E-state index contributed by atoms with van der Waals surface area (Å²) in [6.45, 7) is 0.864. The third-order valence-electron chi connectivity index (χ3n) is 1.76. The fourth-order valence-electron chi connectivity index (χ4n) is 0.907. The molecule has 1 unspecified atom stereocenters. The van der Waals surface area contributed by atoms with Crippen LogP contribution in [-0.2, 0) is 19.1 Å². The second-order valence-corrected chi connectivity index (χ2v) is 2.79. The molecule has 0 fully saturated rings. The average Bonchev–Trinajstić information content (AvgIpc) is 2.15. The molecule has 1 atom stereocenters. The van der Waals surface area contributed by atoms with Crippen molar-refractivity contribution in [3.8, 4) is 0 Å². The van der Waals surface area contributed by atoms with Gasteiger partial charge in [-0.1, -0.05) is 0 Å². The van der Waals surface area contributed by atoms with Crippen molar-refractivity contribution in [1.29, 1.82) is 0 Å². The summed E-state index contributed by atoms with van der Waals surface area (Å²) >= 11 is 0. The first-order valence-corrected chi connectivity index (χ1v) is 3.96. The first-order valence-electron chi connectivity index (χ1n) is 3.96. The molecule has 0 saturated carbocycles. The van der Waals surface area contributed by atoms with Crippen LogP contribution in [0.25, 0.3) is 0 Å². The largest absolute Gasteiger partial charge is 0.450 e. The van der Waals surface area contributed by atoms with E-state index in [1.165, 1.54) is 0 Å². The van der Waals surface area contributed by atoms with Crippen LogP contribution in [0.15, 0.2) is 0 Å². The van der Waals surface area contributed by atoms with E-state index in [-0.39, 0.29) is 0 Å². The highest BCUT2D eigenvalue weighted by molar-refractivity contribution is 6.05. The molecule has 88 valence electrons. The van der Waals surface area contributed by atoms with Crippen molar-refractivity contribution in [2.24, 2.45) is 5.92 Å². The Balaban J connectivity index is 4.65. The summed E-state index contributed by atoms with van der Waals surface area (Å²) in [5.41, 5.74) is 0. The zero-order valence-electron chi connectivity index (χ0n) is 8.42. The van der Waals surface area contributed by atoms with Gasteiger partial charge in [-0.05, 0) is 6.92 Å². The molecule has 0 heterocycles. The lowest BCUT2D eigenvalue weighted by atomic mass is 10.0. The standard InChI is InChI=1S/C8H11F3O4/c1-4(6(13)8(9,10)11)5(12)7(14-2)15-3/h4,7H,1-3H3. The van der Waals surface area contributed by atoms with E-state index >= 15 is 0 Å². The van der Waals surface area contributed by atoms with Gasteiger partial charge in [0.15, 0.2) is 5.78 Å². The molecule has 0 amide bonds. The van der Waals surface area contributed by atoms with Crippen molar-refractivity contribution < 1.29 is 32.2 Å². The average molecular weight is 228 g/mol. The number of rotatable bonds is 5. The molecule has 0 aromatic carbocycles. The molecule has 0 N–H and O–H groups in total. The number of ketones is 2. The lowest BCUT2D eigenvalue weighted by molar-refractivity contribution is -0.182. The number of alkyl halides is 3. The second-order valence-electron chi connectivity index (χ2n) is 2.79. The van der Waals surface area contributed by atoms with Crippen LogP contribution in [0.5, 0.6) is 0 Å². The molecule has 0 radical (unpaired) electrons. The fourth-order valence-corrected chi connectivity index (χ4v) is 0.907. The predicted octanol–water partition coefficient (Wildman–Crippen LogP) is 0.942. The minimum Gasteiger partial charge on any atom is -0.349 e. The van der Waals surface area contributed by atoms with Gasteiger partial charge in [-0.15, -0.1) is 0 Å². The smallest absolute Gasteiger partial charge is 0.349 e. The highest BCUT2D eigenvalue weighted by Gasteiger charge is 2.45. The van der Waals surface area contributed by atoms with Gasteiger partial charge in [-0.2, -0.15) is 13.2 Å². The molecule has 0 aliphatic carbocycles. The van der Waals surface area contributed by atoms with E-state index in [4.69, 9.17) is 0 Å². The topological polar surface area (TPSA) is 52.6 Å². The monoisotopic (exact) mass is 228 g/mol. The Labute approximate surface area is 84.3 Å². The van der Waals surface area contributed by atoms with Gasteiger partial charge >= 0.3 is 6.18 Å². The quantitative estimate of drug-likeness (QED) is 0.519. The van der Waals surface area contributed by atoms with E-state index in [0.29, 0.717) is 0 Å². The summed E-state index contributed by atoms with van der Waals surface area (Å²) in [5.74, 6) is -4.98. The van der Waals surface area contributed by atoms with E-state index in [1.807, 2.05) is 0 Å². The summed E-state index contributed by atoms with van der Waals surface area (Å²) in [6, 6.07) is 0. The maximum atomic E-state index is 11.9. The molecule has 0 spiro atoms. The van der Waals surface area contributed by atoms with Crippen molar-refractivity contribution in [3.63, 3.8) is 0 Å². The Hall–Kier alpha value is -0.950. The zero-order valence-corrected chi connectivity index (χ0v) is 8.42. The summed E-state index contributed by atoms with van der Waals surface area (Å²) in [4.78, 5) is 21.9. The van der Waals surface area contributed by atoms with Crippen LogP contribution in [0.1, 0.15) is 6.92 Å². The van der Waals surface area contributed by atoms with Gasteiger partial charge in [0, 0.05) is 14.2 Å². The highest BCUT2D eigenvalue weighted by Crippen LogP contribution is 2.22. The van der Waals surface area contributed by atoms with Crippen LogP contribution in [0, 0.1) is 5.92 Å². The molecule has 0 saturated heterocycles. The Morgan fingerprint density at radius 1 is 1.13 bits per heavy atom. The van der Waals surface area contributed by atoms with Crippen LogP contribution in [0.2, 0.25) is 0 Å². The van der Waals surface area contributed by atoms with Crippen LogP contribution in [-0.4, -0.2) is 38.3 Å². The Kier molecular flexibility index (Phi) is 4.89. The van der Waals surface area contributed by atoms with E-state index in [1.54, 1.807) is 0 Å². The number of Topliss-reactive ketones (excluding diaryl/α,β-unsaturated/α-hetero) is 2. The van der Waals surface area contributed by atoms with Crippen molar-refractivity contribution in [3.05, 3.63) is 0 Å².